The average Bonchev–Trinajstić information content (AvgIpc) is 2.84. The van der Waals surface area contributed by atoms with Crippen LogP contribution in [-0.4, -0.2) is 22.3 Å². The molecule has 22 heavy (non-hydrogen) atoms. The number of ether oxygens (including phenoxy) is 1. The SMILES string of the molecule is Cc1c2c(nn1-c1cc3c(cc1F)OCC(=O)N3)CCCC2. The van der Waals surface area contributed by atoms with E-state index in [1.807, 2.05) is 6.92 Å². The predicted octanol–water partition coefficient (Wildman–Crippen LogP) is 2.53. The van der Waals surface area contributed by atoms with Gasteiger partial charge < -0.3 is 10.1 Å². The molecule has 1 N–H and O–H groups in total. The minimum atomic E-state index is -0.405. The molecule has 6 heteroatoms. The third-order valence-electron chi connectivity index (χ3n) is 4.32. The van der Waals surface area contributed by atoms with Gasteiger partial charge in [-0.25, -0.2) is 9.07 Å². The second-order valence-electron chi connectivity index (χ2n) is 5.77. The summed E-state index contributed by atoms with van der Waals surface area (Å²) in [5, 5.41) is 7.28. The molecule has 114 valence electrons. The van der Waals surface area contributed by atoms with Crippen molar-refractivity contribution in [2.45, 2.75) is 32.6 Å². The Morgan fingerprint density at radius 3 is 2.95 bits per heavy atom. The van der Waals surface area contributed by atoms with Gasteiger partial charge in [-0.05, 0) is 44.2 Å². The third-order valence-corrected chi connectivity index (χ3v) is 4.32. The summed E-state index contributed by atoms with van der Waals surface area (Å²) in [6, 6.07) is 2.90. The van der Waals surface area contributed by atoms with Gasteiger partial charge in [0.15, 0.2) is 12.4 Å². The molecular formula is C16H16FN3O2. The molecule has 0 bridgehead atoms. The van der Waals surface area contributed by atoms with E-state index in [1.165, 1.54) is 11.6 Å². The number of fused-ring (bicyclic) bond motifs is 2. The van der Waals surface area contributed by atoms with Crippen molar-refractivity contribution in [3.05, 3.63) is 34.9 Å². The summed E-state index contributed by atoms with van der Waals surface area (Å²) in [6.45, 7) is 1.88. The Kier molecular flexibility index (Phi) is 2.92. The van der Waals surface area contributed by atoms with Crippen LogP contribution in [0, 0.1) is 12.7 Å². The normalized spacial score (nSPS) is 16.5. The Morgan fingerprint density at radius 1 is 1.32 bits per heavy atom. The highest BCUT2D eigenvalue weighted by atomic mass is 19.1. The molecule has 1 aromatic heterocycles. The highest BCUT2D eigenvalue weighted by molar-refractivity contribution is 5.95. The molecule has 1 aliphatic heterocycles. The number of carbonyl (C=O) groups excluding carboxylic acids is 1. The van der Waals surface area contributed by atoms with Crippen LogP contribution < -0.4 is 10.1 Å². The molecule has 2 aromatic rings. The summed E-state index contributed by atoms with van der Waals surface area (Å²) < 4.78 is 21.3. The maximum Gasteiger partial charge on any atom is 0.262 e. The Hall–Kier alpha value is -2.37. The van der Waals surface area contributed by atoms with Crippen molar-refractivity contribution >= 4 is 11.6 Å². The van der Waals surface area contributed by atoms with Gasteiger partial charge in [0.1, 0.15) is 11.4 Å². The van der Waals surface area contributed by atoms with Crippen LogP contribution in [0.25, 0.3) is 5.69 Å². The van der Waals surface area contributed by atoms with Crippen molar-refractivity contribution in [1.29, 1.82) is 0 Å². The first kappa shape index (κ1) is 13.3. The lowest BCUT2D eigenvalue weighted by atomic mass is 9.96. The van der Waals surface area contributed by atoms with Crippen LogP contribution in [0.4, 0.5) is 10.1 Å². The van der Waals surface area contributed by atoms with E-state index >= 15 is 0 Å². The molecule has 0 saturated carbocycles. The monoisotopic (exact) mass is 301 g/mol. The van der Waals surface area contributed by atoms with E-state index in [0.717, 1.165) is 37.1 Å². The molecule has 1 amide bonds. The number of nitrogens with zero attached hydrogens (tertiary/aromatic N) is 2. The molecule has 2 heterocycles. The van der Waals surface area contributed by atoms with Gasteiger partial charge in [0.2, 0.25) is 0 Å². The Labute approximate surface area is 127 Å². The fraction of sp³-hybridized carbons (Fsp3) is 0.375. The molecule has 0 atom stereocenters. The van der Waals surface area contributed by atoms with E-state index in [9.17, 15) is 9.18 Å². The number of benzene rings is 1. The molecule has 1 aromatic carbocycles. The minimum absolute atomic E-state index is 0.0825. The van der Waals surface area contributed by atoms with Crippen molar-refractivity contribution in [3.63, 3.8) is 0 Å². The van der Waals surface area contributed by atoms with E-state index < -0.39 is 5.82 Å². The van der Waals surface area contributed by atoms with Gasteiger partial charge in [-0.3, -0.25) is 4.79 Å². The molecule has 0 radical (unpaired) electrons. The van der Waals surface area contributed by atoms with E-state index in [2.05, 4.69) is 10.4 Å². The summed E-state index contributed by atoms with van der Waals surface area (Å²) in [4.78, 5) is 11.4. The summed E-state index contributed by atoms with van der Waals surface area (Å²) in [6.07, 6.45) is 4.21. The van der Waals surface area contributed by atoms with E-state index in [0.29, 0.717) is 17.1 Å². The number of anilines is 1. The summed E-state index contributed by atoms with van der Waals surface area (Å²) in [7, 11) is 0. The standard InChI is InChI=1S/C16H16FN3O2/c1-9-10-4-2-3-5-12(10)19-20(9)14-7-13-15(6-11(14)17)22-8-16(21)18-13/h6-7H,2-5,8H2,1H3,(H,18,21). The van der Waals surface area contributed by atoms with Gasteiger partial charge in [0.05, 0.1) is 11.4 Å². The quantitative estimate of drug-likeness (QED) is 0.880. The number of aromatic nitrogens is 2. The van der Waals surface area contributed by atoms with Crippen LogP contribution >= 0.6 is 0 Å². The summed E-state index contributed by atoms with van der Waals surface area (Å²) in [5.74, 6) is -0.283. The molecule has 2 aliphatic rings. The average molecular weight is 301 g/mol. The molecule has 0 saturated heterocycles. The maximum atomic E-state index is 14.5. The third kappa shape index (κ3) is 1.98. The van der Waals surface area contributed by atoms with Crippen LogP contribution in [0.15, 0.2) is 12.1 Å². The largest absolute Gasteiger partial charge is 0.481 e. The highest BCUT2D eigenvalue weighted by Crippen LogP contribution is 2.33. The molecule has 0 unspecified atom stereocenters. The first-order valence-electron chi connectivity index (χ1n) is 7.47. The van der Waals surface area contributed by atoms with Crippen molar-refractivity contribution in [3.8, 4) is 11.4 Å². The number of aryl methyl sites for hydroxylation is 1. The number of rotatable bonds is 1. The number of nitrogens with one attached hydrogen (secondary N) is 1. The minimum Gasteiger partial charge on any atom is -0.481 e. The molecule has 0 spiro atoms. The zero-order chi connectivity index (χ0) is 15.3. The fourth-order valence-electron chi connectivity index (χ4n) is 3.20. The molecule has 1 aliphatic carbocycles. The second kappa shape index (κ2) is 4.83. The lowest BCUT2D eigenvalue weighted by Gasteiger charge is -2.19. The lowest BCUT2D eigenvalue weighted by Crippen LogP contribution is -2.25. The Morgan fingerprint density at radius 2 is 2.14 bits per heavy atom. The zero-order valence-electron chi connectivity index (χ0n) is 12.3. The first-order chi connectivity index (χ1) is 10.6. The number of hydrogen-bond donors (Lipinski definition) is 1. The van der Waals surface area contributed by atoms with Gasteiger partial charge in [0, 0.05) is 11.8 Å². The van der Waals surface area contributed by atoms with Crippen molar-refractivity contribution in [2.75, 3.05) is 11.9 Å². The maximum absolute atomic E-state index is 14.5. The number of halogens is 1. The Bertz CT molecular complexity index is 782. The summed E-state index contributed by atoms with van der Waals surface area (Å²) >= 11 is 0. The van der Waals surface area contributed by atoms with Crippen molar-refractivity contribution in [1.82, 2.24) is 9.78 Å². The van der Waals surface area contributed by atoms with Gasteiger partial charge in [-0.2, -0.15) is 5.10 Å². The van der Waals surface area contributed by atoms with Crippen LogP contribution in [0.3, 0.4) is 0 Å². The van der Waals surface area contributed by atoms with Crippen LogP contribution in [0.2, 0.25) is 0 Å². The van der Waals surface area contributed by atoms with Crippen LogP contribution in [0.1, 0.15) is 29.8 Å². The first-order valence-corrected chi connectivity index (χ1v) is 7.47. The van der Waals surface area contributed by atoms with E-state index in [-0.39, 0.29) is 12.5 Å². The van der Waals surface area contributed by atoms with Gasteiger partial charge in [0.25, 0.3) is 5.91 Å². The highest BCUT2D eigenvalue weighted by Gasteiger charge is 2.23. The molecule has 4 rings (SSSR count). The smallest absolute Gasteiger partial charge is 0.262 e. The Balaban J connectivity index is 1.84. The van der Waals surface area contributed by atoms with Crippen LogP contribution in [0.5, 0.6) is 5.75 Å². The van der Waals surface area contributed by atoms with Crippen molar-refractivity contribution < 1.29 is 13.9 Å². The van der Waals surface area contributed by atoms with Gasteiger partial charge in [-0.15, -0.1) is 0 Å². The zero-order valence-corrected chi connectivity index (χ0v) is 12.3. The number of carbonyl (C=O) groups is 1. The van der Waals surface area contributed by atoms with Crippen LogP contribution in [-0.2, 0) is 17.6 Å². The number of amides is 1. The second-order valence-corrected chi connectivity index (χ2v) is 5.77. The van der Waals surface area contributed by atoms with Gasteiger partial charge in [-0.1, -0.05) is 0 Å². The predicted molar refractivity (Wildman–Crippen MR) is 79.0 cm³/mol. The van der Waals surface area contributed by atoms with E-state index in [1.54, 1.807) is 10.7 Å². The topological polar surface area (TPSA) is 56.2 Å². The summed E-state index contributed by atoms with van der Waals surface area (Å²) in [5.41, 5.74) is 4.08. The lowest BCUT2D eigenvalue weighted by molar-refractivity contribution is -0.118. The molecule has 5 nitrogen and oxygen atoms in total. The van der Waals surface area contributed by atoms with Gasteiger partial charge >= 0.3 is 0 Å². The molecular weight excluding hydrogens is 285 g/mol. The fourth-order valence-corrected chi connectivity index (χ4v) is 3.20. The van der Waals surface area contributed by atoms with E-state index in [4.69, 9.17) is 4.74 Å². The van der Waals surface area contributed by atoms with Crippen molar-refractivity contribution in [2.24, 2.45) is 0 Å². The molecule has 0 fully saturated rings. The number of hydrogen-bond acceptors (Lipinski definition) is 3.